The lowest BCUT2D eigenvalue weighted by atomic mass is 10.1. The van der Waals surface area contributed by atoms with Crippen LogP contribution < -0.4 is 10.1 Å². The quantitative estimate of drug-likeness (QED) is 0.360. The van der Waals surface area contributed by atoms with E-state index in [2.05, 4.69) is 10.3 Å². The Morgan fingerprint density at radius 3 is 2.69 bits per heavy atom. The van der Waals surface area contributed by atoms with Gasteiger partial charge in [0.2, 0.25) is 5.91 Å². The maximum atomic E-state index is 13.0. The van der Waals surface area contributed by atoms with Crippen LogP contribution in [0.3, 0.4) is 0 Å². The van der Waals surface area contributed by atoms with Gasteiger partial charge in [-0.15, -0.1) is 0 Å². The number of carbonyl (C=O) groups excluding carboxylic acids is 2. The predicted molar refractivity (Wildman–Crippen MR) is 140 cm³/mol. The standard InChI is InChI=1S/C26H28N4O4S/c1-4-34-20-11-9-19(10-12-20)28-26-29(2)25(32)23(35-26)15-18-16-30(17-24(31)27-13-14-33-3)22-8-6-5-7-21(18)22/h5-12,15-16H,4,13-14,17H2,1-3H3,(H,27,31). The number of fused-ring (bicyclic) bond motifs is 1. The van der Waals surface area contributed by atoms with E-state index in [1.807, 2.05) is 72.3 Å². The van der Waals surface area contributed by atoms with Gasteiger partial charge in [0.15, 0.2) is 5.17 Å². The molecule has 0 saturated carbocycles. The van der Waals surface area contributed by atoms with Gasteiger partial charge in [0, 0.05) is 43.4 Å². The molecular formula is C26H28N4O4S. The summed E-state index contributed by atoms with van der Waals surface area (Å²) >= 11 is 1.33. The maximum absolute atomic E-state index is 13.0. The average Bonchev–Trinajstić information content (AvgIpc) is 3.33. The third kappa shape index (κ3) is 5.75. The summed E-state index contributed by atoms with van der Waals surface area (Å²) in [5, 5.41) is 4.42. The summed E-state index contributed by atoms with van der Waals surface area (Å²) in [6, 6.07) is 15.3. The minimum absolute atomic E-state index is 0.0992. The number of thioether (sulfide) groups is 1. The molecule has 2 heterocycles. The summed E-state index contributed by atoms with van der Waals surface area (Å²) in [5.41, 5.74) is 2.54. The molecule has 0 spiro atoms. The molecule has 0 unspecified atom stereocenters. The average molecular weight is 493 g/mol. The highest BCUT2D eigenvalue weighted by atomic mass is 32.2. The molecule has 0 bridgehead atoms. The van der Waals surface area contributed by atoms with Crippen LogP contribution in [-0.4, -0.2) is 60.4 Å². The number of carbonyl (C=O) groups is 2. The lowest BCUT2D eigenvalue weighted by Crippen LogP contribution is -2.30. The number of rotatable bonds is 9. The molecule has 182 valence electrons. The van der Waals surface area contributed by atoms with Gasteiger partial charge in [-0.2, -0.15) is 0 Å². The smallest absolute Gasteiger partial charge is 0.266 e. The molecule has 0 radical (unpaired) electrons. The van der Waals surface area contributed by atoms with Gasteiger partial charge in [-0.1, -0.05) is 18.2 Å². The van der Waals surface area contributed by atoms with E-state index in [0.717, 1.165) is 27.9 Å². The second kappa shape index (κ2) is 11.2. The zero-order valence-corrected chi connectivity index (χ0v) is 20.8. The van der Waals surface area contributed by atoms with E-state index in [0.29, 0.717) is 29.8 Å². The Bertz CT molecular complexity index is 1280. The molecule has 0 atom stereocenters. The molecule has 3 aromatic rings. The first kappa shape index (κ1) is 24.6. The van der Waals surface area contributed by atoms with Crippen LogP contribution in [0.15, 0.2) is 64.6 Å². The fourth-order valence-electron chi connectivity index (χ4n) is 3.71. The van der Waals surface area contributed by atoms with Crippen LogP contribution in [0.25, 0.3) is 17.0 Å². The zero-order chi connectivity index (χ0) is 24.8. The summed E-state index contributed by atoms with van der Waals surface area (Å²) in [7, 11) is 3.32. The predicted octanol–water partition coefficient (Wildman–Crippen LogP) is 4.04. The van der Waals surface area contributed by atoms with Gasteiger partial charge in [0.05, 0.1) is 23.8 Å². The van der Waals surface area contributed by atoms with Crippen LogP contribution in [0.1, 0.15) is 12.5 Å². The third-order valence-corrected chi connectivity index (χ3v) is 6.48. The van der Waals surface area contributed by atoms with Gasteiger partial charge in [-0.3, -0.25) is 14.5 Å². The Balaban J connectivity index is 1.58. The van der Waals surface area contributed by atoms with Crippen molar-refractivity contribution in [3.63, 3.8) is 0 Å². The van der Waals surface area contributed by atoms with Crippen LogP contribution in [0.4, 0.5) is 5.69 Å². The van der Waals surface area contributed by atoms with Gasteiger partial charge < -0.3 is 19.4 Å². The largest absolute Gasteiger partial charge is 0.494 e. The first-order chi connectivity index (χ1) is 17.0. The molecule has 2 amide bonds. The molecule has 1 N–H and O–H groups in total. The minimum Gasteiger partial charge on any atom is -0.494 e. The summed E-state index contributed by atoms with van der Waals surface area (Å²) in [4.78, 5) is 32.1. The number of likely N-dealkylation sites (N-methyl/N-ethyl adjacent to an activating group) is 1. The number of benzene rings is 2. The van der Waals surface area contributed by atoms with Crippen molar-refractivity contribution in [3.05, 3.63) is 65.2 Å². The molecule has 8 nitrogen and oxygen atoms in total. The molecule has 4 rings (SSSR count). The maximum Gasteiger partial charge on any atom is 0.266 e. The van der Waals surface area contributed by atoms with E-state index in [1.165, 1.54) is 11.8 Å². The molecule has 35 heavy (non-hydrogen) atoms. The topological polar surface area (TPSA) is 85.2 Å². The number of ether oxygens (including phenoxy) is 2. The number of aromatic nitrogens is 1. The molecular weight excluding hydrogens is 464 g/mol. The van der Waals surface area contributed by atoms with Gasteiger partial charge in [-0.05, 0) is 55.1 Å². The highest BCUT2D eigenvalue weighted by molar-refractivity contribution is 8.18. The summed E-state index contributed by atoms with van der Waals surface area (Å²) in [6.45, 7) is 3.64. The Kier molecular flexibility index (Phi) is 7.89. The molecule has 1 saturated heterocycles. The molecule has 1 aliphatic rings. The van der Waals surface area contributed by atoms with E-state index >= 15 is 0 Å². The molecule has 9 heteroatoms. The lowest BCUT2D eigenvalue weighted by molar-refractivity contribution is -0.122. The number of amidine groups is 1. The lowest BCUT2D eigenvalue weighted by Gasteiger charge is -2.07. The number of hydrogen-bond acceptors (Lipinski definition) is 6. The number of amides is 2. The third-order valence-electron chi connectivity index (χ3n) is 5.42. The van der Waals surface area contributed by atoms with E-state index in [-0.39, 0.29) is 18.4 Å². The Morgan fingerprint density at radius 1 is 1.17 bits per heavy atom. The minimum atomic E-state index is -0.117. The molecule has 0 aliphatic carbocycles. The van der Waals surface area contributed by atoms with Crippen molar-refractivity contribution < 1.29 is 19.1 Å². The Morgan fingerprint density at radius 2 is 1.94 bits per heavy atom. The molecule has 1 fully saturated rings. The highest BCUT2D eigenvalue weighted by Crippen LogP contribution is 2.35. The first-order valence-electron chi connectivity index (χ1n) is 11.3. The fourth-order valence-corrected chi connectivity index (χ4v) is 4.69. The summed E-state index contributed by atoms with van der Waals surface area (Å²) in [6.07, 6.45) is 3.77. The van der Waals surface area contributed by atoms with Crippen molar-refractivity contribution in [2.24, 2.45) is 4.99 Å². The van der Waals surface area contributed by atoms with E-state index in [4.69, 9.17) is 9.47 Å². The second-order valence-electron chi connectivity index (χ2n) is 7.87. The highest BCUT2D eigenvalue weighted by Gasteiger charge is 2.30. The van der Waals surface area contributed by atoms with Crippen molar-refractivity contribution in [2.75, 3.05) is 33.9 Å². The Hall–Kier alpha value is -3.56. The van der Waals surface area contributed by atoms with E-state index < -0.39 is 0 Å². The van der Waals surface area contributed by atoms with Gasteiger partial charge in [0.25, 0.3) is 5.91 Å². The normalized spacial score (nSPS) is 16.0. The number of nitrogens with one attached hydrogen (secondary N) is 1. The first-order valence-corrected chi connectivity index (χ1v) is 12.1. The van der Waals surface area contributed by atoms with Crippen molar-refractivity contribution in [1.82, 2.24) is 14.8 Å². The SMILES string of the molecule is CCOc1ccc(N=C2SC(=Cc3cn(CC(=O)NCCOC)c4ccccc34)C(=O)N2C)cc1. The number of para-hydroxylation sites is 1. The summed E-state index contributed by atoms with van der Waals surface area (Å²) in [5.74, 6) is 0.566. The summed E-state index contributed by atoms with van der Waals surface area (Å²) < 4.78 is 12.4. The van der Waals surface area contributed by atoms with Crippen molar-refractivity contribution in [1.29, 1.82) is 0 Å². The van der Waals surface area contributed by atoms with Crippen LogP contribution in [-0.2, 0) is 20.9 Å². The van der Waals surface area contributed by atoms with Crippen molar-refractivity contribution in [3.8, 4) is 5.75 Å². The molecule has 1 aromatic heterocycles. The van der Waals surface area contributed by atoms with Crippen LogP contribution in [0, 0.1) is 0 Å². The van der Waals surface area contributed by atoms with Crippen molar-refractivity contribution >= 4 is 51.4 Å². The van der Waals surface area contributed by atoms with Crippen molar-refractivity contribution in [2.45, 2.75) is 13.5 Å². The van der Waals surface area contributed by atoms with Crippen LogP contribution >= 0.6 is 11.8 Å². The molecule has 1 aliphatic heterocycles. The zero-order valence-electron chi connectivity index (χ0n) is 20.0. The van der Waals surface area contributed by atoms with Crippen LogP contribution in [0.5, 0.6) is 5.75 Å². The van der Waals surface area contributed by atoms with Crippen LogP contribution in [0.2, 0.25) is 0 Å². The van der Waals surface area contributed by atoms with Gasteiger partial charge in [-0.25, -0.2) is 4.99 Å². The van der Waals surface area contributed by atoms with Gasteiger partial charge >= 0.3 is 0 Å². The Labute approximate surface area is 208 Å². The second-order valence-corrected chi connectivity index (χ2v) is 8.88. The molecule has 2 aromatic carbocycles. The monoisotopic (exact) mass is 492 g/mol. The fraction of sp³-hybridized carbons (Fsp3) is 0.269. The van der Waals surface area contributed by atoms with E-state index in [1.54, 1.807) is 19.1 Å². The number of aliphatic imine (C=N–C) groups is 1. The number of methoxy groups -OCH3 is 1. The number of hydrogen-bond donors (Lipinski definition) is 1. The van der Waals surface area contributed by atoms with E-state index in [9.17, 15) is 9.59 Å². The van der Waals surface area contributed by atoms with Gasteiger partial charge in [0.1, 0.15) is 12.3 Å². The number of nitrogens with zero attached hydrogens (tertiary/aromatic N) is 3.